The van der Waals surface area contributed by atoms with Gasteiger partial charge in [-0.3, -0.25) is 4.79 Å². The number of hydrogen-bond donors (Lipinski definition) is 0. The van der Waals surface area contributed by atoms with Crippen LogP contribution in [-0.2, 0) is 5.33 Å². The van der Waals surface area contributed by atoms with Gasteiger partial charge in [-0.25, -0.2) is 0 Å². The third kappa shape index (κ3) is 2.82. The second-order valence-corrected chi connectivity index (χ2v) is 4.08. The zero-order valence-electron chi connectivity index (χ0n) is 8.02. The number of aryl methyl sites for hydroxylation is 1. The molecule has 0 spiro atoms. The molecule has 76 valence electrons. The van der Waals surface area contributed by atoms with Crippen molar-refractivity contribution in [3.8, 4) is 0 Å². The molecular weight excluding hydrogens is 263 g/mol. The highest BCUT2D eigenvalue weighted by molar-refractivity contribution is 9.08. The van der Waals surface area contributed by atoms with Gasteiger partial charge in [0.15, 0.2) is 5.78 Å². The molecule has 1 aromatic rings. The Balaban J connectivity index is 2.91. The molecule has 0 unspecified atom stereocenters. The van der Waals surface area contributed by atoms with E-state index in [1.54, 1.807) is 0 Å². The highest BCUT2D eigenvalue weighted by atomic mass is 79.9. The molecular formula is C11H12BrClO. The van der Waals surface area contributed by atoms with Crippen molar-refractivity contribution in [2.24, 2.45) is 0 Å². The van der Waals surface area contributed by atoms with Crippen LogP contribution in [0.4, 0.5) is 0 Å². The summed E-state index contributed by atoms with van der Waals surface area (Å²) in [6.07, 6.45) is 0.411. The molecule has 0 atom stereocenters. The van der Waals surface area contributed by atoms with E-state index in [9.17, 15) is 4.79 Å². The van der Waals surface area contributed by atoms with Crippen LogP contribution < -0.4 is 0 Å². The van der Waals surface area contributed by atoms with E-state index in [2.05, 4.69) is 15.9 Å². The largest absolute Gasteiger partial charge is 0.294 e. The normalized spacial score (nSPS) is 10.2. The molecule has 1 nitrogen and oxygen atoms in total. The van der Waals surface area contributed by atoms with E-state index in [1.807, 2.05) is 25.1 Å². The molecule has 0 saturated heterocycles. The maximum Gasteiger partial charge on any atom is 0.164 e. The van der Waals surface area contributed by atoms with Crippen LogP contribution in [0, 0.1) is 6.92 Å². The maximum absolute atomic E-state index is 11.5. The van der Waals surface area contributed by atoms with Crippen molar-refractivity contribution in [1.82, 2.24) is 0 Å². The van der Waals surface area contributed by atoms with Crippen LogP contribution in [0.3, 0.4) is 0 Å². The van der Waals surface area contributed by atoms with Crippen LogP contribution >= 0.6 is 27.5 Å². The van der Waals surface area contributed by atoms with Crippen LogP contribution in [-0.4, -0.2) is 11.7 Å². The summed E-state index contributed by atoms with van der Waals surface area (Å²) in [6.45, 7) is 2.01. The Bertz CT molecular complexity index is 336. The highest BCUT2D eigenvalue weighted by Gasteiger charge is 2.06. The van der Waals surface area contributed by atoms with Gasteiger partial charge >= 0.3 is 0 Å². The summed E-state index contributed by atoms with van der Waals surface area (Å²) in [5, 5.41) is 0.822. The number of rotatable bonds is 4. The van der Waals surface area contributed by atoms with Crippen LogP contribution in [0.1, 0.15) is 27.9 Å². The monoisotopic (exact) mass is 274 g/mol. The third-order valence-corrected chi connectivity index (χ3v) is 2.92. The molecule has 3 heteroatoms. The summed E-state index contributed by atoms with van der Waals surface area (Å²) in [5.41, 5.74) is 3.11. The van der Waals surface area contributed by atoms with Gasteiger partial charge in [-0.15, -0.1) is 11.6 Å². The lowest BCUT2D eigenvalue weighted by Crippen LogP contribution is -2.00. The minimum atomic E-state index is 0.115. The summed E-state index contributed by atoms with van der Waals surface area (Å²) in [7, 11) is 0. The fraction of sp³-hybridized carbons (Fsp3) is 0.364. The van der Waals surface area contributed by atoms with E-state index in [0.717, 1.165) is 16.5 Å². The van der Waals surface area contributed by atoms with E-state index in [0.29, 0.717) is 12.3 Å². The van der Waals surface area contributed by atoms with E-state index >= 15 is 0 Å². The molecule has 0 N–H and O–H groups in total. The van der Waals surface area contributed by atoms with E-state index < -0.39 is 0 Å². The zero-order valence-corrected chi connectivity index (χ0v) is 10.4. The molecule has 0 aliphatic heterocycles. The fourth-order valence-corrected chi connectivity index (χ4v) is 2.05. The first-order chi connectivity index (χ1) is 6.69. The Hall–Kier alpha value is -0.340. The molecule has 0 amide bonds. The molecule has 0 aromatic heterocycles. The number of hydrogen-bond acceptors (Lipinski definition) is 1. The van der Waals surface area contributed by atoms with Crippen molar-refractivity contribution >= 4 is 33.3 Å². The second kappa shape index (κ2) is 5.52. The van der Waals surface area contributed by atoms with Crippen molar-refractivity contribution in [1.29, 1.82) is 0 Å². The summed E-state index contributed by atoms with van der Waals surface area (Å²) < 4.78 is 0. The van der Waals surface area contributed by atoms with Gasteiger partial charge in [-0.1, -0.05) is 28.1 Å². The predicted molar refractivity (Wildman–Crippen MR) is 63.5 cm³/mol. The first-order valence-electron chi connectivity index (χ1n) is 4.43. The smallest absolute Gasteiger partial charge is 0.164 e. The molecule has 0 fully saturated rings. The number of carbonyl (C=O) groups is 1. The molecule has 0 bridgehead atoms. The van der Waals surface area contributed by atoms with Crippen LogP contribution in [0.5, 0.6) is 0 Å². The molecule has 0 saturated carbocycles. The van der Waals surface area contributed by atoms with Gasteiger partial charge in [0.05, 0.1) is 0 Å². The number of benzene rings is 1. The lowest BCUT2D eigenvalue weighted by atomic mass is 10.0. The molecule has 1 aromatic carbocycles. The average Bonchev–Trinajstić information content (AvgIpc) is 2.18. The molecule has 0 heterocycles. The van der Waals surface area contributed by atoms with Gasteiger partial charge in [-0.2, -0.15) is 0 Å². The van der Waals surface area contributed by atoms with E-state index in [-0.39, 0.29) is 5.78 Å². The Morgan fingerprint density at radius 1 is 1.50 bits per heavy atom. The molecule has 0 radical (unpaired) electrons. The quantitative estimate of drug-likeness (QED) is 0.605. The summed E-state index contributed by atoms with van der Waals surface area (Å²) in [5.74, 6) is 0.502. The van der Waals surface area contributed by atoms with Gasteiger partial charge in [0.2, 0.25) is 0 Å². The van der Waals surface area contributed by atoms with Crippen LogP contribution in [0.2, 0.25) is 0 Å². The molecule has 14 heavy (non-hydrogen) atoms. The Morgan fingerprint density at radius 3 is 2.71 bits per heavy atom. The summed E-state index contributed by atoms with van der Waals surface area (Å²) in [6, 6.07) is 5.76. The van der Waals surface area contributed by atoms with Crippen molar-refractivity contribution in [2.45, 2.75) is 18.7 Å². The Labute approximate surface area is 97.6 Å². The number of halogens is 2. The van der Waals surface area contributed by atoms with Crippen molar-refractivity contribution in [2.75, 3.05) is 5.88 Å². The summed E-state index contributed by atoms with van der Waals surface area (Å²) in [4.78, 5) is 11.5. The summed E-state index contributed by atoms with van der Waals surface area (Å²) >= 11 is 8.91. The number of carbonyl (C=O) groups excluding carboxylic acids is 1. The first kappa shape index (κ1) is 11.7. The van der Waals surface area contributed by atoms with Gasteiger partial charge in [0.1, 0.15) is 0 Å². The standard InChI is InChI=1S/C11H12BrClO/c1-8-6-9(11(14)4-5-13)2-3-10(8)7-12/h2-3,6H,4-5,7H2,1H3. The Kier molecular flexibility index (Phi) is 4.63. The first-order valence-corrected chi connectivity index (χ1v) is 6.09. The maximum atomic E-state index is 11.5. The molecule has 0 aliphatic carbocycles. The minimum Gasteiger partial charge on any atom is -0.294 e. The lowest BCUT2D eigenvalue weighted by Gasteiger charge is -2.04. The van der Waals surface area contributed by atoms with Gasteiger partial charge in [-0.05, 0) is 24.1 Å². The van der Waals surface area contributed by atoms with Crippen molar-refractivity contribution < 1.29 is 4.79 Å². The number of alkyl halides is 2. The minimum absolute atomic E-state index is 0.115. The van der Waals surface area contributed by atoms with E-state index in [4.69, 9.17) is 11.6 Å². The number of Topliss-reactive ketones (excluding diaryl/α,β-unsaturated/α-hetero) is 1. The van der Waals surface area contributed by atoms with Crippen molar-refractivity contribution in [3.05, 3.63) is 34.9 Å². The lowest BCUT2D eigenvalue weighted by molar-refractivity contribution is 0.0989. The van der Waals surface area contributed by atoms with Gasteiger partial charge in [0, 0.05) is 23.2 Å². The third-order valence-electron chi connectivity index (χ3n) is 2.13. The van der Waals surface area contributed by atoms with Crippen LogP contribution in [0.15, 0.2) is 18.2 Å². The molecule has 0 aliphatic rings. The SMILES string of the molecule is Cc1cc(C(=O)CCCl)ccc1CBr. The van der Waals surface area contributed by atoms with Gasteiger partial charge < -0.3 is 0 Å². The molecule has 1 rings (SSSR count). The highest BCUT2D eigenvalue weighted by Crippen LogP contribution is 2.15. The zero-order chi connectivity index (χ0) is 10.6. The van der Waals surface area contributed by atoms with Crippen molar-refractivity contribution in [3.63, 3.8) is 0 Å². The Morgan fingerprint density at radius 2 is 2.21 bits per heavy atom. The van der Waals surface area contributed by atoms with E-state index in [1.165, 1.54) is 5.56 Å². The predicted octanol–water partition coefficient (Wildman–Crippen LogP) is 3.70. The number of ketones is 1. The topological polar surface area (TPSA) is 17.1 Å². The fourth-order valence-electron chi connectivity index (χ4n) is 1.25. The average molecular weight is 276 g/mol. The van der Waals surface area contributed by atoms with Crippen LogP contribution in [0.25, 0.3) is 0 Å². The second-order valence-electron chi connectivity index (χ2n) is 3.14. The van der Waals surface area contributed by atoms with Gasteiger partial charge in [0.25, 0.3) is 0 Å².